The summed E-state index contributed by atoms with van der Waals surface area (Å²) >= 11 is 13.5. The smallest absolute Gasteiger partial charge is 0.263 e. The molecule has 0 spiro atoms. The third-order valence-electron chi connectivity index (χ3n) is 3.65. The molecule has 1 aromatic heterocycles. The molecular weight excluding hydrogens is 339 g/mol. The van der Waals surface area contributed by atoms with E-state index < -0.39 is 0 Å². The van der Waals surface area contributed by atoms with Gasteiger partial charge in [-0.1, -0.05) is 29.3 Å². The first-order valence-corrected chi connectivity index (χ1v) is 8.77. The molecule has 22 heavy (non-hydrogen) atoms. The minimum absolute atomic E-state index is 0.111. The van der Waals surface area contributed by atoms with Gasteiger partial charge in [0, 0.05) is 24.5 Å². The summed E-state index contributed by atoms with van der Waals surface area (Å²) in [6.07, 6.45) is 0.997. The van der Waals surface area contributed by atoms with Crippen LogP contribution >= 0.6 is 34.5 Å². The van der Waals surface area contributed by atoms with E-state index in [4.69, 9.17) is 23.2 Å². The molecule has 3 rings (SSSR count). The van der Waals surface area contributed by atoms with Crippen LogP contribution in [0.3, 0.4) is 0 Å². The number of carbonyl (C=O) groups is 1. The predicted octanol–water partition coefficient (Wildman–Crippen LogP) is 4.16. The average molecular weight is 355 g/mol. The van der Waals surface area contributed by atoms with Gasteiger partial charge < -0.3 is 10.2 Å². The number of carbonyl (C=O) groups excluding carboxylic acids is 1. The first-order valence-electron chi connectivity index (χ1n) is 7.20. The standard InChI is InChI=1S/C16H16Cl2N2OS/c17-12-3-2-11(10-13(12)18)14-4-5-15(22-14)16(21)20-8-1-6-19-7-9-20/h2-5,10,19H,1,6-9H2. The number of halogens is 2. The van der Waals surface area contributed by atoms with Gasteiger partial charge in [0.15, 0.2) is 0 Å². The Hall–Kier alpha value is -1.07. The van der Waals surface area contributed by atoms with Crippen LogP contribution in [0.4, 0.5) is 0 Å². The molecule has 1 amide bonds. The Balaban J connectivity index is 1.80. The van der Waals surface area contributed by atoms with Gasteiger partial charge in [-0.3, -0.25) is 4.79 Å². The fourth-order valence-corrected chi connectivity index (χ4v) is 3.73. The number of nitrogens with one attached hydrogen (secondary N) is 1. The summed E-state index contributed by atoms with van der Waals surface area (Å²) in [5.41, 5.74) is 0.982. The number of rotatable bonds is 2. The minimum Gasteiger partial charge on any atom is -0.337 e. The van der Waals surface area contributed by atoms with Gasteiger partial charge in [-0.05, 0) is 42.8 Å². The van der Waals surface area contributed by atoms with Crippen LogP contribution in [-0.2, 0) is 0 Å². The zero-order valence-corrected chi connectivity index (χ0v) is 14.3. The van der Waals surface area contributed by atoms with Crippen molar-refractivity contribution in [2.45, 2.75) is 6.42 Å². The van der Waals surface area contributed by atoms with Crippen LogP contribution in [0.15, 0.2) is 30.3 Å². The van der Waals surface area contributed by atoms with Gasteiger partial charge in [-0.15, -0.1) is 11.3 Å². The number of benzene rings is 1. The second-order valence-electron chi connectivity index (χ2n) is 5.19. The Kier molecular flexibility index (Phi) is 5.03. The van der Waals surface area contributed by atoms with E-state index in [0.29, 0.717) is 10.0 Å². The Labute approximate surface area is 143 Å². The van der Waals surface area contributed by atoms with E-state index in [9.17, 15) is 4.79 Å². The molecule has 116 valence electrons. The molecule has 1 fully saturated rings. The molecule has 1 saturated heterocycles. The second-order valence-corrected chi connectivity index (χ2v) is 7.09. The molecule has 0 unspecified atom stereocenters. The third kappa shape index (κ3) is 3.46. The quantitative estimate of drug-likeness (QED) is 0.878. The summed E-state index contributed by atoms with van der Waals surface area (Å²) in [7, 11) is 0. The molecule has 0 aliphatic carbocycles. The molecule has 1 aliphatic rings. The molecule has 6 heteroatoms. The molecule has 0 radical (unpaired) electrons. The second kappa shape index (κ2) is 7.01. The summed E-state index contributed by atoms with van der Waals surface area (Å²) in [5, 5.41) is 4.37. The van der Waals surface area contributed by atoms with Crippen molar-refractivity contribution >= 4 is 40.4 Å². The van der Waals surface area contributed by atoms with E-state index in [-0.39, 0.29) is 5.91 Å². The molecule has 0 bridgehead atoms. The summed E-state index contributed by atoms with van der Waals surface area (Å²) < 4.78 is 0. The van der Waals surface area contributed by atoms with Crippen molar-refractivity contribution in [3.8, 4) is 10.4 Å². The van der Waals surface area contributed by atoms with Crippen LogP contribution in [0.2, 0.25) is 10.0 Å². The highest BCUT2D eigenvalue weighted by Crippen LogP contribution is 2.33. The average Bonchev–Trinajstić information content (AvgIpc) is 2.85. The highest BCUT2D eigenvalue weighted by Gasteiger charge is 2.19. The van der Waals surface area contributed by atoms with E-state index in [1.54, 1.807) is 6.07 Å². The molecule has 1 N–H and O–H groups in total. The maximum absolute atomic E-state index is 12.6. The normalized spacial score (nSPS) is 15.6. The van der Waals surface area contributed by atoms with Crippen LogP contribution in [-0.4, -0.2) is 37.0 Å². The SMILES string of the molecule is O=C(c1ccc(-c2ccc(Cl)c(Cl)c2)s1)N1CCCNCC1. The summed E-state index contributed by atoms with van der Waals surface area (Å²) in [6.45, 7) is 3.41. The molecule has 2 aromatic rings. The van der Waals surface area contributed by atoms with Gasteiger partial charge in [0.25, 0.3) is 5.91 Å². The third-order valence-corrected chi connectivity index (χ3v) is 5.51. The van der Waals surface area contributed by atoms with Crippen molar-refractivity contribution in [1.29, 1.82) is 0 Å². The molecule has 1 aromatic carbocycles. The van der Waals surface area contributed by atoms with Crippen LogP contribution in [0.1, 0.15) is 16.1 Å². The largest absolute Gasteiger partial charge is 0.337 e. The van der Waals surface area contributed by atoms with Crippen LogP contribution < -0.4 is 5.32 Å². The fourth-order valence-electron chi connectivity index (χ4n) is 2.46. The Morgan fingerprint density at radius 3 is 2.77 bits per heavy atom. The Bertz CT molecular complexity index is 679. The molecular formula is C16H16Cl2N2OS. The van der Waals surface area contributed by atoms with Crippen LogP contribution in [0, 0.1) is 0 Å². The minimum atomic E-state index is 0.111. The van der Waals surface area contributed by atoms with E-state index in [1.807, 2.05) is 29.2 Å². The highest BCUT2D eigenvalue weighted by atomic mass is 35.5. The van der Waals surface area contributed by atoms with Crippen molar-refractivity contribution in [3.05, 3.63) is 45.3 Å². The van der Waals surface area contributed by atoms with E-state index in [1.165, 1.54) is 11.3 Å². The van der Waals surface area contributed by atoms with Gasteiger partial charge in [0.05, 0.1) is 14.9 Å². The highest BCUT2D eigenvalue weighted by molar-refractivity contribution is 7.17. The van der Waals surface area contributed by atoms with Gasteiger partial charge in [-0.25, -0.2) is 0 Å². The van der Waals surface area contributed by atoms with Crippen molar-refractivity contribution in [3.63, 3.8) is 0 Å². The van der Waals surface area contributed by atoms with E-state index >= 15 is 0 Å². The number of hydrogen-bond acceptors (Lipinski definition) is 3. The van der Waals surface area contributed by atoms with Crippen LogP contribution in [0.25, 0.3) is 10.4 Å². The number of nitrogens with zero attached hydrogens (tertiary/aromatic N) is 1. The lowest BCUT2D eigenvalue weighted by Crippen LogP contribution is -2.33. The summed E-state index contributed by atoms with van der Waals surface area (Å²) in [5.74, 6) is 0.111. The van der Waals surface area contributed by atoms with Crippen molar-refractivity contribution < 1.29 is 4.79 Å². The maximum atomic E-state index is 12.6. The number of amides is 1. The van der Waals surface area contributed by atoms with Gasteiger partial charge in [-0.2, -0.15) is 0 Å². The Morgan fingerprint density at radius 2 is 1.95 bits per heavy atom. The lowest BCUT2D eigenvalue weighted by Gasteiger charge is -2.18. The first kappa shape index (κ1) is 15.8. The molecule has 1 aliphatic heterocycles. The molecule has 0 saturated carbocycles. The zero-order chi connectivity index (χ0) is 15.5. The molecule has 0 atom stereocenters. The van der Waals surface area contributed by atoms with Gasteiger partial charge >= 0.3 is 0 Å². The van der Waals surface area contributed by atoms with Gasteiger partial charge in [0.2, 0.25) is 0 Å². The Morgan fingerprint density at radius 1 is 1.09 bits per heavy atom. The van der Waals surface area contributed by atoms with Crippen molar-refractivity contribution in [1.82, 2.24) is 10.2 Å². The summed E-state index contributed by atoms with van der Waals surface area (Å²) in [6, 6.07) is 9.39. The topological polar surface area (TPSA) is 32.3 Å². The first-order chi connectivity index (χ1) is 10.6. The monoisotopic (exact) mass is 354 g/mol. The fraction of sp³-hybridized carbons (Fsp3) is 0.312. The van der Waals surface area contributed by atoms with Crippen molar-refractivity contribution in [2.24, 2.45) is 0 Å². The van der Waals surface area contributed by atoms with E-state index in [2.05, 4.69) is 5.32 Å². The maximum Gasteiger partial charge on any atom is 0.263 e. The summed E-state index contributed by atoms with van der Waals surface area (Å²) in [4.78, 5) is 16.3. The lowest BCUT2D eigenvalue weighted by atomic mass is 10.2. The lowest BCUT2D eigenvalue weighted by molar-refractivity contribution is 0.0771. The number of thiophene rings is 1. The molecule has 2 heterocycles. The van der Waals surface area contributed by atoms with Crippen molar-refractivity contribution in [2.75, 3.05) is 26.2 Å². The molecule has 3 nitrogen and oxygen atoms in total. The van der Waals surface area contributed by atoms with Crippen LogP contribution in [0.5, 0.6) is 0 Å². The number of hydrogen-bond donors (Lipinski definition) is 1. The zero-order valence-electron chi connectivity index (χ0n) is 11.9. The van der Waals surface area contributed by atoms with Gasteiger partial charge in [0.1, 0.15) is 0 Å². The predicted molar refractivity (Wildman–Crippen MR) is 93.2 cm³/mol. The van der Waals surface area contributed by atoms with E-state index in [0.717, 1.165) is 47.9 Å².